The average molecular weight is 242 g/mol. The van der Waals surface area contributed by atoms with E-state index in [0.717, 1.165) is 22.0 Å². The van der Waals surface area contributed by atoms with Gasteiger partial charge in [0.2, 0.25) is 0 Å². The molecule has 0 saturated heterocycles. The van der Waals surface area contributed by atoms with Gasteiger partial charge < -0.3 is 15.3 Å². The molecule has 0 heterocycles. The largest absolute Gasteiger partial charge is 0.377 e. The van der Waals surface area contributed by atoms with Crippen LogP contribution in [0.5, 0.6) is 0 Å². The first-order valence-electron chi connectivity index (χ1n) is 5.89. The van der Waals surface area contributed by atoms with Crippen LogP contribution in [0.25, 0.3) is 10.8 Å². The van der Waals surface area contributed by atoms with Crippen molar-refractivity contribution in [3.8, 4) is 0 Å². The number of anilines is 1. The van der Waals surface area contributed by atoms with Crippen molar-refractivity contribution in [3.63, 3.8) is 0 Å². The summed E-state index contributed by atoms with van der Waals surface area (Å²) in [5.41, 5.74) is 2.00. The van der Waals surface area contributed by atoms with E-state index in [9.17, 15) is 5.11 Å². The average Bonchev–Trinajstić information content (AvgIpc) is 2.37. The number of nitrogens with zero attached hydrogens (tertiary/aromatic N) is 1. The molecule has 1 atom stereocenters. The first kappa shape index (κ1) is 12.5. The van der Waals surface area contributed by atoms with Gasteiger partial charge in [-0.25, -0.2) is 0 Å². The van der Waals surface area contributed by atoms with Gasteiger partial charge in [0.15, 0.2) is 6.23 Å². The molecule has 2 N–H and O–H groups in total. The van der Waals surface area contributed by atoms with Gasteiger partial charge in [-0.2, -0.15) is 0 Å². The molecule has 0 radical (unpaired) electrons. The van der Waals surface area contributed by atoms with Crippen LogP contribution in [0.15, 0.2) is 49.2 Å². The molecule has 0 aliphatic rings. The fraction of sp³-hybridized carbons (Fsp3) is 0.200. The molecule has 2 aromatic rings. The highest BCUT2D eigenvalue weighted by molar-refractivity contribution is 5.96. The number of rotatable bonds is 4. The van der Waals surface area contributed by atoms with Crippen LogP contribution in [-0.4, -0.2) is 19.2 Å². The summed E-state index contributed by atoms with van der Waals surface area (Å²) in [6, 6.07) is 12.0. The Labute approximate surface area is 107 Å². The third-order valence-electron chi connectivity index (χ3n) is 2.98. The van der Waals surface area contributed by atoms with Crippen LogP contribution >= 0.6 is 0 Å². The molecule has 0 spiro atoms. The summed E-state index contributed by atoms with van der Waals surface area (Å²) in [6.45, 7) is 3.57. The second-order valence-electron chi connectivity index (χ2n) is 4.39. The fourth-order valence-corrected chi connectivity index (χ4v) is 2.15. The van der Waals surface area contributed by atoms with E-state index in [4.69, 9.17) is 0 Å². The van der Waals surface area contributed by atoms with Crippen molar-refractivity contribution in [2.24, 2.45) is 0 Å². The van der Waals surface area contributed by atoms with Crippen LogP contribution in [-0.2, 0) is 0 Å². The number of hydrogen-bond donors (Lipinski definition) is 2. The summed E-state index contributed by atoms with van der Waals surface area (Å²) in [5, 5.41) is 15.0. The number of aliphatic hydroxyl groups is 1. The maximum Gasteiger partial charge on any atom is 0.150 e. The Bertz CT molecular complexity index is 563. The number of fused-ring (bicyclic) bond motifs is 1. The van der Waals surface area contributed by atoms with Crippen LogP contribution < -0.4 is 10.2 Å². The lowest BCUT2D eigenvalue weighted by molar-refractivity contribution is 0.158. The monoisotopic (exact) mass is 242 g/mol. The minimum Gasteiger partial charge on any atom is -0.377 e. The molecular weight excluding hydrogens is 224 g/mol. The minimum absolute atomic E-state index is 0.733. The third kappa shape index (κ3) is 2.17. The molecule has 0 aliphatic heterocycles. The normalized spacial score (nSPS) is 12.2. The Morgan fingerprint density at radius 3 is 2.50 bits per heavy atom. The zero-order chi connectivity index (χ0) is 13.1. The van der Waals surface area contributed by atoms with Gasteiger partial charge in [0, 0.05) is 30.7 Å². The molecule has 0 bridgehead atoms. The molecule has 0 saturated carbocycles. The van der Waals surface area contributed by atoms with E-state index in [1.807, 2.05) is 38.4 Å². The van der Waals surface area contributed by atoms with E-state index in [1.165, 1.54) is 6.20 Å². The van der Waals surface area contributed by atoms with Gasteiger partial charge in [0.05, 0.1) is 0 Å². The van der Waals surface area contributed by atoms with E-state index >= 15 is 0 Å². The van der Waals surface area contributed by atoms with Crippen LogP contribution in [0.3, 0.4) is 0 Å². The van der Waals surface area contributed by atoms with Crippen LogP contribution in [0.2, 0.25) is 0 Å². The van der Waals surface area contributed by atoms with Gasteiger partial charge in [0.25, 0.3) is 0 Å². The highest BCUT2D eigenvalue weighted by Gasteiger charge is 2.11. The van der Waals surface area contributed by atoms with Gasteiger partial charge in [-0.05, 0) is 17.7 Å². The van der Waals surface area contributed by atoms with E-state index in [1.54, 1.807) is 0 Å². The summed E-state index contributed by atoms with van der Waals surface area (Å²) in [4.78, 5) is 2.07. The Hall–Kier alpha value is -2.00. The molecule has 2 aromatic carbocycles. The zero-order valence-corrected chi connectivity index (χ0v) is 10.7. The summed E-state index contributed by atoms with van der Waals surface area (Å²) in [5.74, 6) is 0. The first-order valence-corrected chi connectivity index (χ1v) is 5.89. The van der Waals surface area contributed by atoms with Gasteiger partial charge in [-0.15, -0.1) is 0 Å². The molecule has 1 unspecified atom stereocenters. The lowest BCUT2D eigenvalue weighted by Crippen LogP contribution is -2.15. The Kier molecular flexibility index (Phi) is 3.53. The second-order valence-corrected chi connectivity index (χ2v) is 4.39. The molecule has 0 aliphatic carbocycles. The summed E-state index contributed by atoms with van der Waals surface area (Å²) in [6.07, 6.45) is 0.767. The van der Waals surface area contributed by atoms with Crippen molar-refractivity contribution in [3.05, 3.63) is 54.7 Å². The van der Waals surface area contributed by atoms with E-state index in [2.05, 4.69) is 28.9 Å². The van der Waals surface area contributed by atoms with Crippen molar-refractivity contribution in [1.82, 2.24) is 5.32 Å². The Morgan fingerprint density at radius 2 is 1.83 bits per heavy atom. The van der Waals surface area contributed by atoms with Crippen molar-refractivity contribution in [2.45, 2.75) is 6.23 Å². The smallest absolute Gasteiger partial charge is 0.150 e. The first-order chi connectivity index (χ1) is 8.65. The van der Waals surface area contributed by atoms with Crippen LogP contribution in [0.1, 0.15) is 11.8 Å². The number of hydrogen-bond acceptors (Lipinski definition) is 3. The second kappa shape index (κ2) is 5.10. The predicted molar refractivity (Wildman–Crippen MR) is 76.6 cm³/mol. The molecule has 0 amide bonds. The quantitative estimate of drug-likeness (QED) is 0.809. The van der Waals surface area contributed by atoms with Crippen LogP contribution in [0, 0.1) is 0 Å². The lowest BCUT2D eigenvalue weighted by atomic mass is 10.0. The van der Waals surface area contributed by atoms with E-state index < -0.39 is 6.23 Å². The summed E-state index contributed by atoms with van der Waals surface area (Å²) < 4.78 is 0. The predicted octanol–water partition coefficient (Wildman–Crippen LogP) is 2.63. The zero-order valence-electron chi connectivity index (χ0n) is 10.7. The molecule has 3 heteroatoms. The van der Waals surface area contributed by atoms with Gasteiger partial charge in [0.1, 0.15) is 0 Å². The van der Waals surface area contributed by atoms with E-state index in [0.29, 0.717) is 0 Å². The van der Waals surface area contributed by atoms with Gasteiger partial charge in [-0.1, -0.05) is 36.9 Å². The maximum atomic E-state index is 10.1. The summed E-state index contributed by atoms with van der Waals surface area (Å²) in [7, 11) is 4.03. The summed E-state index contributed by atoms with van der Waals surface area (Å²) >= 11 is 0. The van der Waals surface area contributed by atoms with Gasteiger partial charge >= 0.3 is 0 Å². The highest BCUT2D eigenvalue weighted by atomic mass is 16.3. The van der Waals surface area contributed by atoms with Crippen molar-refractivity contribution < 1.29 is 5.11 Å². The number of aliphatic hydroxyl groups excluding tert-OH is 1. The number of nitrogens with one attached hydrogen (secondary N) is 1. The minimum atomic E-state index is -0.733. The highest BCUT2D eigenvalue weighted by Crippen LogP contribution is 2.30. The maximum absolute atomic E-state index is 10.1. The lowest BCUT2D eigenvalue weighted by Gasteiger charge is -2.18. The molecular formula is C15H18N2O. The van der Waals surface area contributed by atoms with E-state index in [-0.39, 0.29) is 0 Å². The molecule has 94 valence electrons. The SMILES string of the molecule is C=CNC(O)c1cccc2c(N(C)C)cccc12. The topological polar surface area (TPSA) is 35.5 Å². The number of benzene rings is 2. The van der Waals surface area contributed by atoms with Gasteiger partial charge in [-0.3, -0.25) is 0 Å². The Morgan fingerprint density at radius 1 is 1.17 bits per heavy atom. The molecule has 0 aromatic heterocycles. The van der Waals surface area contributed by atoms with Crippen molar-refractivity contribution >= 4 is 16.5 Å². The molecule has 3 nitrogen and oxygen atoms in total. The van der Waals surface area contributed by atoms with Crippen LogP contribution in [0.4, 0.5) is 5.69 Å². The van der Waals surface area contributed by atoms with Crippen molar-refractivity contribution in [1.29, 1.82) is 0 Å². The third-order valence-corrected chi connectivity index (χ3v) is 2.98. The molecule has 18 heavy (non-hydrogen) atoms. The molecule has 2 rings (SSSR count). The molecule has 0 fully saturated rings. The standard InChI is InChI=1S/C15H18N2O/c1-4-16-15(18)13-9-5-8-12-11(13)7-6-10-14(12)17(2)3/h4-10,15-16,18H,1H2,2-3H3. The Balaban J connectivity index is 2.63. The fourth-order valence-electron chi connectivity index (χ4n) is 2.15. The van der Waals surface area contributed by atoms with Crippen molar-refractivity contribution in [2.75, 3.05) is 19.0 Å².